The zero-order valence-electron chi connectivity index (χ0n) is 11.3. The van der Waals surface area contributed by atoms with Gasteiger partial charge in [0.2, 0.25) is 0 Å². The molecule has 0 bridgehead atoms. The molecule has 6 heteroatoms. The van der Waals surface area contributed by atoms with Gasteiger partial charge in [0.1, 0.15) is 11.6 Å². The number of rotatable bonds is 4. The minimum atomic E-state index is -0.271. The first-order valence-electron chi connectivity index (χ1n) is 6.10. The summed E-state index contributed by atoms with van der Waals surface area (Å²) in [6, 6.07) is 9.73. The van der Waals surface area contributed by atoms with E-state index in [1.54, 1.807) is 44.4 Å². The van der Waals surface area contributed by atoms with Gasteiger partial charge in [0.25, 0.3) is 5.91 Å². The van der Waals surface area contributed by atoms with Gasteiger partial charge in [-0.2, -0.15) is 0 Å². The summed E-state index contributed by atoms with van der Waals surface area (Å²) >= 11 is 0. The van der Waals surface area contributed by atoms with Gasteiger partial charge in [-0.3, -0.25) is 4.79 Å². The first-order chi connectivity index (χ1) is 9.58. The number of halogens is 1. The molecule has 1 aromatic carbocycles. The Labute approximate surface area is 116 Å². The molecule has 1 heterocycles. The summed E-state index contributed by atoms with van der Waals surface area (Å²) in [6.45, 7) is 0.308. The van der Waals surface area contributed by atoms with E-state index >= 15 is 0 Å². The van der Waals surface area contributed by atoms with Crippen LogP contribution in [0.25, 0.3) is 0 Å². The summed E-state index contributed by atoms with van der Waals surface area (Å²) in [4.78, 5) is 13.1. The second kappa shape index (κ2) is 6.10. The average Bonchev–Trinajstić information content (AvgIpc) is 2.46. The fourth-order valence-corrected chi connectivity index (χ4v) is 1.60. The molecule has 0 atom stereocenters. The molecular weight excluding hydrogens is 259 g/mol. The molecule has 0 aliphatic heterocycles. The van der Waals surface area contributed by atoms with Crippen molar-refractivity contribution in [2.75, 3.05) is 19.4 Å². The summed E-state index contributed by atoms with van der Waals surface area (Å²) in [5.74, 6) is 0.00841. The highest BCUT2D eigenvalue weighted by atomic mass is 19.1. The normalized spacial score (nSPS) is 10.2. The van der Waals surface area contributed by atoms with Gasteiger partial charge < -0.3 is 10.2 Å². The van der Waals surface area contributed by atoms with Crippen molar-refractivity contribution in [3.63, 3.8) is 0 Å². The highest BCUT2D eigenvalue weighted by Gasteiger charge is 2.10. The molecule has 20 heavy (non-hydrogen) atoms. The monoisotopic (exact) mass is 274 g/mol. The Morgan fingerprint density at radius 1 is 1.20 bits per heavy atom. The van der Waals surface area contributed by atoms with Gasteiger partial charge in [-0.05, 0) is 18.2 Å². The van der Waals surface area contributed by atoms with Crippen LogP contribution in [0.3, 0.4) is 0 Å². The molecule has 0 radical (unpaired) electrons. The molecule has 104 valence electrons. The predicted molar refractivity (Wildman–Crippen MR) is 73.8 cm³/mol. The molecule has 5 nitrogen and oxygen atoms in total. The molecule has 2 aromatic rings. The number of hydrogen-bond acceptors (Lipinski definition) is 4. The first kappa shape index (κ1) is 13.9. The van der Waals surface area contributed by atoms with Gasteiger partial charge in [-0.1, -0.05) is 18.2 Å². The summed E-state index contributed by atoms with van der Waals surface area (Å²) in [5.41, 5.74) is 0.814. The first-order valence-corrected chi connectivity index (χ1v) is 6.10. The van der Waals surface area contributed by atoms with Crippen LogP contribution in [-0.4, -0.2) is 35.1 Å². The van der Waals surface area contributed by atoms with Gasteiger partial charge >= 0.3 is 0 Å². The summed E-state index contributed by atoms with van der Waals surface area (Å²) in [7, 11) is 3.29. The van der Waals surface area contributed by atoms with Crippen LogP contribution in [0.15, 0.2) is 36.4 Å². The van der Waals surface area contributed by atoms with Crippen LogP contribution in [-0.2, 0) is 6.54 Å². The van der Waals surface area contributed by atoms with E-state index < -0.39 is 0 Å². The van der Waals surface area contributed by atoms with Crippen LogP contribution in [0.5, 0.6) is 0 Å². The minimum absolute atomic E-state index is 0.210. The Kier molecular flexibility index (Phi) is 4.24. The standard InChI is InChI=1S/C14H15FN4O/c1-19(2)14(20)12-7-8-13(18-17-12)16-9-10-5-3-4-6-11(10)15/h3-8H,9H2,1-2H3,(H,16,18). The van der Waals surface area contributed by atoms with E-state index in [4.69, 9.17) is 0 Å². The van der Waals surface area contributed by atoms with E-state index in [1.165, 1.54) is 11.0 Å². The van der Waals surface area contributed by atoms with Crippen LogP contribution < -0.4 is 5.32 Å². The number of aromatic nitrogens is 2. The van der Waals surface area contributed by atoms with Gasteiger partial charge in [-0.25, -0.2) is 4.39 Å². The van der Waals surface area contributed by atoms with Crippen LogP contribution in [0.4, 0.5) is 10.2 Å². The molecule has 0 fully saturated rings. The molecule has 1 amide bonds. The van der Waals surface area contributed by atoms with Crippen molar-refractivity contribution in [2.24, 2.45) is 0 Å². The predicted octanol–water partition coefficient (Wildman–Crippen LogP) is 1.93. The van der Waals surface area contributed by atoms with Crippen molar-refractivity contribution < 1.29 is 9.18 Å². The third kappa shape index (κ3) is 3.28. The summed E-state index contributed by atoms with van der Waals surface area (Å²) in [5, 5.41) is 10.7. The Morgan fingerprint density at radius 2 is 1.95 bits per heavy atom. The fourth-order valence-electron chi connectivity index (χ4n) is 1.60. The third-order valence-electron chi connectivity index (χ3n) is 2.71. The zero-order chi connectivity index (χ0) is 14.5. The van der Waals surface area contributed by atoms with Crippen molar-refractivity contribution in [3.8, 4) is 0 Å². The van der Waals surface area contributed by atoms with E-state index in [2.05, 4.69) is 15.5 Å². The third-order valence-corrected chi connectivity index (χ3v) is 2.71. The molecule has 0 saturated carbocycles. The van der Waals surface area contributed by atoms with E-state index in [1.807, 2.05) is 0 Å². The maximum absolute atomic E-state index is 13.4. The fraction of sp³-hybridized carbons (Fsp3) is 0.214. The summed E-state index contributed by atoms with van der Waals surface area (Å²) < 4.78 is 13.4. The van der Waals surface area contributed by atoms with E-state index in [0.717, 1.165) is 0 Å². The van der Waals surface area contributed by atoms with Gasteiger partial charge in [0, 0.05) is 26.2 Å². The van der Waals surface area contributed by atoms with Crippen LogP contribution in [0, 0.1) is 5.82 Å². The highest BCUT2D eigenvalue weighted by molar-refractivity contribution is 5.91. The van der Waals surface area contributed by atoms with Crippen LogP contribution >= 0.6 is 0 Å². The lowest BCUT2D eigenvalue weighted by atomic mass is 10.2. The molecule has 1 aromatic heterocycles. The quantitative estimate of drug-likeness (QED) is 0.925. The molecule has 0 aliphatic rings. The molecule has 0 saturated heterocycles. The molecule has 0 spiro atoms. The number of nitrogens with one attached hydrogen (secondary N) is 1. The maximum Gasteiger partial charge on any atom is 0.273 e. The van der Waals surface area contributed by atoms with Crippen molar-refractivity contribution in [1.82, 2.24) is 15.1 Å². The van der Waals surface area contributed by atoms with E-state index in [-0.39, 0.29) is 17.4 Å². The van der Waals surface area contributed by atoms with Crippen molar-refractivity contribution >= 4 is 11.7 Å². The minimum Gasteiger partial charge on any atom is -0.364 e. The van der Waals surface area contributed by atoms with Crippen LogP contribution in [0.1, 0.15) is 16.1 Å². The van der Waals surface area contributed by atoms with Crippen molar-refractivity contribution in [3.05, 3.63) is 53.5 Å². The second-order valence-electron chi connectivity index (χ2n) is 4.45. The lowest BCUT2D eigenvalue weighted by molar-refractivity contribution is 0.0821. The summed E-state index contributed by atoms with van der Waals surface area (Å²) in [6.07, 6.45) is 0. The van der Waals surface area contributed by atoms with Gasteiger partial charge in [0.05, 0.1) is 0 Å². The number of nitrogens with zero attached hydrogens (tertiary/aromatic N) is 3. The number of hydrogen-bond donors (Lipinski definition) is 1. The zero-order valence-corrected chi connectivity index (χ0v) is 11.3. The molecule has 2 rings (SSSR count). The largest absolute Gasteiger partial charge is 0.364 e. The van der Waals surface area contributed by atoms with E-state index in [0.29, 0.717) is 17.9 Å². The number of carbonyl (C=O) groups is 1. The Balaban J connectivity index is 2.01. The molecular formula is C14H15FN4O. The molecule has 0 unspecified atom stereocenters. The van der Waals surface area contributed by atoms with Crippen LogP contribution in [0.2, 0.25) is 0 Å². The lowest BCUT2D eigenvalue weighted by Crippen LogP contribution is -2.23. The SMILES string of the molecule is CN(C)C(=O)c1ccc(NCc2ccccc2F)nn1. The lowest BCUT2D eigenvalue weighted by Gasteiger charge is -2.09. The molecule has 1 N–H and O–H groups in total. The second-order valence-corrected chi connectivity index (χ2v) is 4.45. The number of anilines is 1. The topological polar surface area (TPSA) is 58.1 Å². The Bertz CT molecular complexity index is 598. The average molecular weight is 274 g/mol. The number of benzene rings is 1. The molecule has 0 aliphatic carbocycles. The van der Waals surface area contributed by atoms with E-state index in [9.17, 15) is 9.18 Å². The van der Waals surface area contributed by atoms with Gasteiger partial charge in [-0.15, -0.1) is 10.2 Å². The van der Waals surface area contributed by atoms with Crippen molar-refractivity contribution in [1.29, 1.82) is 0 Å². The maximum atomic E-state index is 13.4. The Hall–Kier alpha value is -2.50. The number of carbonyl (C=O) groups excluding carboxylic acids is 1. The number of amides is 1. The van der Waals surface area contributed by atoms with Crippen molar-refractivity contribution in [2.45, 2.75) is 6.54 Å². The smallest absolute Gasteiger partial charge is 0.273 e. The highest BCUT2D eigenvalue weighted by Crippen LogP contribution is 2.09. The Morgan fingerprint density at radius 3 is 2.55 bits per heavy atom. The van der Waals surface area contributed by atoms with Gasteiger partial charge in [0.15, 0.2) is 5.69 Å².